The molecule has 0 fully saturated rings. The molecule has 0 aliphatic rings. The van der Waals surface area contributed by atoms with Crippen LogP contribution in [-0.2, 0) is 26.8 Å². The second-order valence-electron chi connectivity index (χ2n) is 8.90. The first-order chi connectivity index (χ1) is 19.5. The zero-order valence-electron chi connectivity index (χ0n) is 21.3. The number of benzene rings is 3. The van der Waals surface area contributed by atoms with Gasteiger partial charge in [0, 0.05) is 23.9 Å². The molecule has 11 heteroatoms. The number of carbonyl (C=O) groups excluding carboxylic acids is 1. The number of hydrogen-bond donors (Lipinski definition) is 0. The topological polar surface area (TPSA) is 109 Å². The Kier molecular flexibility index (Phi) is 7.23. The Morgan fingerprint density at radius 2 is 1.52 bits per heavy atom. The Hall–Kier alpha value is -4.21. The number of fused-ring (bicyclic) bond motifs is 1. The quantitative estimate of drug-likeness (QED) is 0.127. The molecule has 0 saturated carbocycles. The van der Waals surface area contributed by atoms with Gasteiger partial charge in [-0.1, -0.05) is 84.0 Å². The SMILES string of the molecule is Cc1nc(-c2csc(C(=O)c3cn(P(=O)(OCc4ccccc4)OCc4ccccc4)c4ccccc34)n2)no1. The summed E-state index contributed by atoms with van der Waals surface area (Å²) in [5.41, 5.74) is 2.99. The van der Waals surface area contributed by atoms with Gasteiger partial charge in [0.2, 0.25) is 17.5 Å². The van der Waals surface area contributed by atoms with Crippen LogP contribution >= 0.6 is 19.1 Å². The van der Waals surface area contributed by atoms with Gasteiger partial charge in [0.15, 0.2) is 5.01 Å². The smallest absolute Gasteiger partial charge is 0.339 e. The lowest BCUT2D eigenvalue weighted by atomic mass is 10.1. The Balaban J connectivity index is 1.38. The van der Waals surface area contributed by atoms with E-state index in [0.29, 0.717) is 33.9 Å². The molecule has 0 spiro atoms. The molecule has 0 bridgehead atoms. The van der Waals surface area contributed by atoms with E-state index in [0.717, 1.165) is 11.1 Å². The lowest BCUT2D eigenvalue weighted by molar-refractivity contribution is 0.104. The van der Waals surface area contributed by atoms with Crippen LogP contribution in [0, 0.1) is 6.92 Å². The number of para-hydroxylation sites is 1. The third kappa shape index (κ3) is 5.30. The summed E-state index contributed by atoms with van der Waals surface area (Å²) in [6, 6.07) is 26.1. The van der Waals surface area contributed by atoms with E-state index >= 15 is 0 Å². The van der Waals surface area contributed by atoms with Crippen molar-refractivity contribution in [2.75, 3.05) is 0 Å². The van der Waals surface area contributed by atoms with E-state index in [-0.39, 0.29) is 24.0 Å². The van der Waals surface area contributed by atoms with Gasteiger partial charge in [-0.3, -0.25) is 18.2 Å². The van der Waals surface area contributed by atoms with Crippen molar-refractivity contribution < 1.29 is 22.9 Å². The van der Waals surface area contributed by atoms with Gasteiger partial charge >= 0.3 is 7.75 Å². The van der Waals surface area contributed by atoms with Crippen molar-refractivity contribution in [3.63, 3.8) is 0 Å². The Morgan fingerprint density at radius 1 is 0.900 bits per heavy atom. The number of hydrogen-bond acceptors (Lipinski definition) is 9. The van der Waals surface area contributed by atoms with Gasteiger partial charge in [0.05, 0.1) is 24.3 Å². The maximum atomic E-state index is 14.5. The third-order valence-electron chi connectivity index (χ3n) is 6.13. The molecule has 40 heavy (non-hydrogen) atoms. The van der Waals surface area contributed by atoms with Crippen LogP contribution in [0.1, 0.15) is 32.4 Å². The van der Waals surface area contributed by atoms with Crippen LogP contribution in [0.2, 0.25) is 0 Å². The second kappa shape index (κ2) is 11.1. The van der Waals surface area contributed by atoms with Crippen molar-refractivity contribution in [2.45, 2.75) is 20.1 Å². The maximum Gasteiger partial charge on any atom is 0.440 e. The average molecular weight is 571 g/mol. The Bertz CT molecular complexity index is 1780. The Labute approximate surface area is 233 Å². The van der Waals surface area contributed by atoms with Gasteiger partial charge in [-0.2, -0.15) is 4.98 Å². The molecule has 3 heterocycles. The molecule has 3 aromatic heterocycles. The number of carbonyl (C=O) groups is 1. The van der Waals surface area contributed by atoms with Crippen LogP contribution in [0.25, 0.3) is 22.4 Å². The lowest BCUT2D eigenvalue weighted by Crippen LogP contribution is -2.05. The molecule has 0 aliphatic carbocycles. The summed E-state index contributed by atoms with van der Waals surface area (Å²) in [5, 5.41) is 6.43. The first kappa shape index (κ1) is 26.0. The third-order valence-corrected chi connectivity index (χ3v) is 8.74. The molecule has 6 aromatic rings. The lowest BCUT2D eigenvalue weighted by Gasteiger charge is -2.20. The monoisotopic (exact) mass is 570 g/mol. The highest BCUT2D eigenvalue weighted by molar-refractivity contribution is 7.52. The average Bonchev–Trinajstić information content (AvgIpc) is 3.75. The summed E-state index contributed by atoms with van der Waals surface area (Å²) in [5.74, 6) is 0.383. The van der Waals surface area contributed by atoms with E-state index in [1.165, 1.54) is 21.9 Å². The molecule has 0 amide bonds. The van der Waals surface area contributed by atoms with E-state index < -0.39 is 7.75 Å². The van der Waals surface area contributed by atoms with Crippen molar-refractivity contribution in [1.29, 1.82) is 0 Å². The van der Waals surface area contributed by atoms with Crippen LogP contribution in [0.5, 0.6) is 0 Å². The van der Waals surface area contributed by atoms with Crippen molar-refractivity contribution in [2.24, 2.45) is 0 Å². The van der Waals surface area contributed by atoms with Crippen LogP contribution in [-0.4, -0.2) is 25.2 Å². The van der Waals surface area contributed by atoms with Gasteiger partial charge in [0.1, 0.15) is 5.69 Å². The summed E-state index contributed by atoms with van der Waals surface area (Å²) in [6.45, 7) is 1.80. The fourth-order valence-electron chi connectivity index (χ4n) is 4.17. The first-order valence-electron chi connectivity index (χ1n) is 12.4. The molecule has 6 rings (SSSR count). The van der Waals surface area contributed by atoms with Gasteiger partial charge in [-0.05, 0) is 17.2 Å². The van der Waals surface area contributed by atoms with Crippen molar-refractivity contribution in [1.82, 2.24) is 19.5 Å². The van der Waals surface area contributed by atoms with Crippen LogP contribution < -0.4 is 0 Å². The van der Waals surface area contributed by atoms with Gasteiger partial charge < -0.3 is 4.52 Å². The summed E-state index contributed by atoms with van der Waals surface area (Å²) >= 11 is 1.17. The van der Waals surface area contributed by atoms with Crippen molar-refractivity contribution >= 4 is 35.8 Å². The maximum absolute atomic E-state index is 14.5. The van der Waals surface area contributed by atoms with E-state index in [4.69, 9.17) is 13.6 Å². The number of aryl methyl sites for hydroxylation is 1. The highest BCUT2D eigenvalue weighted by Gasteiger charge is 2.32. The minimum Gasteiger partial charge on any atom is -0.339 e. The molecule has 9 nitrogen and oxygen atoms in total. The molecule has 0 unspecified atom stereocenters. The fraction of sp³-hybridized carbons (Fsp3) is 0.103. The number of aromatic nitrogens is 4. The molecular formula is C29H23N4O5PS. The minimum atomic E-state index is -3.98. The summed E-state index contributed by atoms with van der Waals surface area (Å²) in [4.78, 5) is 22.3. The van der Waals surface area contributed by atoms with Gasteiger partial charge in [0.25, 0.3) is 0 Å². The zero-order chi connectivity index (χ0) is 27.5. The van der Waals surface area contributed by atoms with Gasteiger partial charge in [-0.15, -0.1) is 11.3 Å². The van der Waals surface area contributed by atoms with Crippen LogP contribution in [0.3, 0.4) is 0 Å². The highest BCUT2D eigenvalue weighted by atomic mass is 32.1. The Morgan fingerprint density at radius 3 is 2.15 bits per heavy atom. The molecule has 0 radical (unpaired) electrons. The summed E-state index contributed by atoms with van der Waals surface area (Å²) < 4.78 is 33.1. The molecule has 0 saturated heterocycles. The molecule has 0 N–H and O–H groups in total. The number of rotatable bonds is 10. The second-order valence-corrected chi connectivity index (χ2v) is 11.6. The molecule has 0 aliphatic heterocycles. The van der Waals surface area contributed by atoms with Crippen molar-refractivity contribution in [3.05, 3.63) is 124 Å². The molecule has 0 atom stereocenters. The zero-order valence-corrected chi connectivity index (χ0v) is 23.0. The number of nitrogens with zero attached hydrogens (tertiary/aromatic N) is 4. The summed E-state index contributed by atoms with van der Waals surface area (Å²) in [6.07, 6.45) is 1.53. The predicted octanol–water partition coefficient (Wildman–Crippen LogP) is 7.08. The fourth-order valence-corrected chi connectivity index (χ4v) is 6.56. The van der Waals surface area contributed by atoms with E-state index in [9.17, 15) is 9.36 Å². The largest absolute Gasteiger partial charge is 0.440 e. The summed E-state index contributed by atoms with van der Waals surface area (Å²) in [7, 11) is -3.98. The normalized spacial score (nSPS) is 11.7. The van der Waals surface area contributed by atoms with Gasteiger partial charge in [-0.25, -0.2) is 9.55 Å². The first-order valence-corrected chi connectivity index (χ1v) is 14.8. The number of thiazole rings is 1. The van der Waals surface area contributed by atoms with E-state index in [2.05, 4.69) is 15.1 Å². The number of ketones is 1. The predicted molar refractivity (Wildman–Crippen MR) is 151 cm³/mol. The van der Waals surface area contributed by atoms with Crippen LogP contribution in [0.4, 0.5) is 0 Å². The molecule has 200 valence electrons. The molecule has 3 aromatic carbocycles. The highest BCUT2D eigenvalue weighted by Crippen LogP contribution is 2.53. The standard InChI is InChI=1S/C29H23N4O5PS/c1-20-30-28(32-38-20)25-19-40-29(31-25)27(34)24-16-33(26-15-9-8-14-23(24)26)39(35,36-17-21-10-4-2-5-11-21)37-18-22-12-6-3-7-13-22/h2-16,19H,17-18H2,1H3. The van der Waals surface area contributed by atoms with Crippen LogP contribution in [0.15, 0.2) is 101 Å². The molecular weight excluding hydrogens is 547 g/mol. The van der Waals surface area contributed by atoms with Crippen molar-refractivity contribution in [3.8, 4) is 11.5 Å². The van der Waals surface area contributed by atoms with E-state index in [1.54, 1.807) is 24.4 Å². The minimum absolute atomic E-state index is 0.0582. The van der Waals surface area contributed by atoms with E-state index in [1.807, 2.05) is 72.8 Å².